The Balaban J connectivity index is 2.15. The summed E-state index contributed by atoms with van der Waals surface area (Å²) in [7, 11) is 0. The van der Waals surface area contributed by atoms with E-state index in [4.69, 9.17) is 5.73 Å². The second kappa shape index (κ2) is 4.55. The second-order valence-electron chi connectivity index (χ2n) is 4.22. The molecule has 3 aromatic rings. The van der Waals surface area contributed by atoms with Crippen molar-refractivity contribution >= 4 is 10.8 Å². The fourth-order valence-electron chi connectivity index (χ4n) is 2.19. The molecule has 2 N–H and O–H groups in total. The fraction of sp³-hybridized carbons (Fsp3) is 0.0667. The van der Waals surface area contributed by atoms with Gasteiger partial charge >= 0.3 is 0 Å². The van der Waals surface area contributed by atoms with Crippen LogP contribution in [0, 0.1) is 0 Å². The molecule has 0 bridgehead atoms. The summed E-state index contributed by atoms with van der Waals surface area (Å²) in [5.41, 5.74) is 8.40. The van der Waals surface area contributed by atoms with Gasteiger partial charge in [0.2, 0.25) is 0 Å². The Hall–Kier alpha value is -2.26. The highest BCUT2D eigenvalue weighted by Gasteiger charge is 2.11. The molecule has 0 spiro atoms. The van der Waals surface area contributed by atoms with Crippen molar-refractivity contribution in [3.05, 3.63) is 72.1 Å². The molecule has 0 saturated heterocycles. The lowest BCUT2D eigenvalue weighted by Gasteiger charge is -2.14. The maximum Gasteiger partial charge on any atom is 0.0574 e. The third-order valence-corrected chi connectivity index (χ3v) is 3.12. The molecular formula is C15H13N3. The van der Waals surface area contributed by atoms with Crippen LogP contribution in [0.5, 0.6) is 0 Å². The monoisotopic (exact) mass is 235 g/mol. The van der Waals surface area contributed by atoms with Crippen LogP contribution in [-0.2, 0) is 0 Å². The van der Waals surface area contributed by atoms with Crippen molar-refractivity contribution in [2.75, 3.05) is 0 Å². The quantitative estimate of drug-likeness (QED) is 0.743. The summed E-state index contributed by atoms with van der Waals surface area (Å²) in [5.74, 6) is 0. The number of aromatic nitrogens is 2. The molecule has 3 nitrogen and oxygen atoms in total. The molecule has 1 heterocycles. The smallest absolute Gasteiger partial charge is 0.0574 e. The van der Waals surface area contributed by atoms with Crippen molar-refractivity contribution in [1.82, 2.24) is 10.2 Å². The first-order valence-electron chi connectivity index (χ1n) is 5.86. The third kappa shape index (κ3) is 1.85. The number of nitrogens with zero attached hydrogens (tertiary/aromatic N) is 2. The molecule has 3 rings (SSSR count). The van der Waals surface area contributed by atoms with Gasteiger partial charge in [-0.3, -0.25) is 0 Å². The van der Waals surface area contributed by atoms with E-state index in [0.29, 0.717) is 0 Å². The molecule has 0 aliphatic carbocycles. The van der Waals surface area contributed by atoms with Gasteiger partial charge in [-0.2, -0.15) is 10.2 Å². The van der Waals surface area contributed by atoms with Crippen LogP contribution < -0.4 is 5.73 Å². The highest BCUT2D eigenvalue weighted by atomic mass is 15.1. The second-order valence-corrected chi connectivity index (χ2v) is 4.22. The van der Waals surface area contributed by atoms with Crippen LogP contribution in [0.1, 0.15) is 17.2 Å². The first-order chi connectivity index (χ1) is 8.86. The number of nitrogens with two attached hydrogens (primary N) is 1. The van der Waals surface area contributed by atoms with Crippen LogP contribution in [0.15, 0.2) is 60.9 Å². The molecule has 88 valence electrons. The predicted octanol–water partition coefficient (Wildman–Crippen LogP) is 2.68. The zero-order chi connectivity index (χ0) is 12.4. The maximum absolute atomic E-state index is 6.31. The summed E-state index contributed by atoms with van der Waals surface area (Å²) in [4.78, 5) is 0. The van der Waals surface area contributed by atoms with Crippen LogP contribution in [0.3, 0.4) is 0 Å². The fourth-order valence-corrected chi connectivity index (χ4v) is 2.19. The van der Waals surface area contributed by atoms with E-state index in [0.717, 1.165) is 11.1 Å². The van der Waals surface area contributed by atoms with E-state index < -0.39 is 0 Å². The van der Waals surface area contributed by atoms with Crippen LogP contribution >= 0.6 is 0 Å². The first-order valence-corrected chi connectivity index (χ1v) is 5.86. The molecule has 1 aromatic heterocycles. The predicted molar refractivity (Wildman–Crippen MR) is 72.0 cm³/mol. The van der Waals surface area contributed by atoms with Gasteiger partial charge in [0.25, 0.3) is 0 Å². The molecule has 0 radical (unpaired) electrons. The van der Waals surface area contributed by atoms with E-state index in [2.05, 4.69) is 34.5 Å². The summed E-state index contributed by atoms with van der Waals surface area (Å²) in [6, 6.07) is 16.2. The minimum Gasteiger partial charge on any atom is -0.320 e. The summed E-state index contributed by atoms with van der Waals surface area (Å²) < 4.78 is 0. The van der Waals surface area contributed by atoms with E-state index in [1.165, 1.54) is 10.8 Å². The molecule has 0 saturated carbocycles. The summed E-state index contributed by atoms with van der Waals surface area (Å²) in [6.07, 6.45) is 3.38. The van der Waals surface area contributed by atoms with Gasteiger partial charge in [0.1, 0.15) is 0 Å². The average Bonchev–Trinajstić information content (AvgIpc) is 2.47. The number of rotatable bonds is 2. The Labute approximate surface area is 105 Å². The SMILES string of the molecule is NC(c1ccnnc1)c1cccc2ccccc12. The van der Waals surface area contributed by atoms with Crippen LogP contribution in [-0.4, -0.2) is 10.2 Å². The van der Waals surface area contributed by atoms with Crippen molar-refractivity contribution in [2.45, 2.75) is 6.04 Å². The van der Waals surface area contributed by atoms with E-state index >= 15 is 0 Å². The maximum atomic E-state index is 6.31. The van der Waals surface area contributed by atoms with Gasteiger partial charge in [-0.25, -0.2) is 0 Å². The van der Waals surface area contributed by atoms with Gasteiger partial charge in [-0.05, 0) is 28.0 Å². The van der Waals surface area contributed by atoms with Crippen molar-refractivity contribution in [3.63, 3.8) is 0 Å². The third-order valence-electron chi connectivity index (χ3n) is 3.12. The summed E-state index contributed by atoms with van der Waals surface area (Å²) >= 11 is 0. The van der Waals surface area contributed by atoms with E-state index in [1.807, 2.05) is 24.3 Å². The Kier molecular flexibility index (Phi) is 2.74. The molecule has 0 amide bonds. The zero-order valence-corrected chi connectivity index (χ0v) is 9.82. The topological polar surface area (TPSA) is 51.8 Å². The van der Waals surface area contributed by atoms with Crippen LogP contribution in [0.4, 0.5) is 0 Å². The zero-order valence-electron chi connectivity index (χ0n) is 9.82. The highest BCUT2D eigenvalue weighted by Crippen LogP contribution is 2.26. The summed E-state index contributed by atoms with van der Waals surface area (Å²) in [5, 5.41) is 10.0. The van der Waals surface area contributed by atoms with Gasteiger partial charge in [-0.1, -0.05) is 42.5 Å². The lowest BCUT2D eigenvalue weighted by Crippen LogP contribution is -2.12. The lowest BCUT2D eigenvalue weighted by molar-refractivity contribution is 0.853. The highest BCUT2D eigenvalue weighted by molar-refractivity contribution is 5.86. The molecule has 0 fully saturated rings. The number of hydrogen-bond acceptors (Lipinski definition) is 3. The van der Waals surface area contributed by atoms with E-state index in [9.17, 15) is 0 Å². The van der Waals surface area contributed by atoms with Crippen molar-refractivity contribution in [2.24, 2.45) is 5.73 Å². The average molecular weight is 235 g/mol. The van der Waals surface area contributed by atoms with Gasteiger partial charge in [0, 0.05) is 6.20 Å². The number of hydrogen-bond donors (Lipinski definition) is 1. The Bertz CT molecular complexity index is 659. The molecule has 2 aromatic carbocycles. The number of benzene rings is 2. The van der Waals surface area contributed by atoms with Crippen molar-refractivity contribution in [3.8, 4) is 0 Å². The molecule has 1 atom stereocenters. The van der Waals surface area contributed by atoms with E-state index in [1.54, 1.807) is 12.4 Å². The van der Waals surface area contributed by atoms with E-state index in [-0.39, 0.29) is 6.04 Å². The minimum absolute atomic E-state index is 0.174. The molecular weight excluding hydrogens is 222 g/mol. The normalized spacial score (nSPS) is 12.5. The standard InChI is InChI=1S/C15H13N3/c16-15(12-8-9-17-18-10-12)14-7-3-5-11-4-1-2-6-13(11)14/h1-10,15H,16H2. The van der Waals surface area contributed by atoms with Crippen molar-refractivity contribution in [1.29, 1.82) is 0 Å². The van der Waals surface area contributed by atoms with Crippen molar-refractivity contribution < 1.29 is 0 Å². The van der Waals surface area contributed by atoms with Gasteiger partial charge < -0.3 is 5.73 Å². The Morgan fingerprint density at radius 2 is 1.72 bits per heavy atom. The molecule has 0 aliphatic heterocycles. The van der Waals surface area contributed by atoms with Gasteiger partial charge in [-0.15, -0.1) is 0 Å². The van der Waals surface area contributed by atoms with Crippen LogP contribution in [0.2, 0.25) is 0 Å². The lowest BCUT2D eigenvalue weighted by atomic mass is 9.95. The Morgan fingerprint density at radius 1 is 0.889 bits per heavy atom. The van der Waals surface area contributed by atoms with Gasteiger partial charge in [0.05, 0.1) is 12.2 Å². The number of fused-ring (bicyclic) bond motifs is 1. The first kappa shape index (κ1) is 10.9. The minimum atomic E-state index is -0.174. The van der Waals surface area contributed by atoms with Gasteiger partial charge in [0.15, 0.2) is 0 Å². The summed E-state index contributed by atoms with van der Waals surface area (Å²) in [6.45, 7) is 0. The molecule has 1 unspecified atom stereocenters. The van der Waals surface area contributed by atoms with Crippen LogP contribution in [0.25, 0.3) is 10.8 Å². The molecule has 3 heteroatoms. The molecule has 18 heavy (non-hydrogen) atoms. The largest absolute Gasteiger partial charge is 0.320 e. The molecule has 0 aliphatic rings. The Morgan fingerprint density at radius 3 is 2.56 bits per heavy atom.